The molecular weight excluding hydrogens is 252 g/mol. The maximum Gasteiger partial charge on any atom is 0.463 e. The van der Waals surface area contributed by atoms with E-state index < -0.39 is 23.8 Å². The highest BCUT2D eigenvalue weighted by Gasteiger charge is 2.63. The van der Waals surface area contributed by atoms with Gasteiger partial charge < -0.3 is 5.32 Å². The highest BCUT2D eigenvalue weighted by atomic mass is 19.4. The lowest BCUT2D eigenvalue weighted by atomic mass is 10.2. The van der Waals surface area contributed by atoms with Crippen LogP contribution in [-0.4, -0.2) is 18.0 Å². The van der Waals surface area contributed by atoms with Gasteiger partial charge in [0.05, 0.1) is 0 Å². The number of nitrogens with one attached hydrogen (secondary N) is 1. The van der Waals surface area contributed by atoms with Gasteiger partial charge in [-0.15, -0.1) is 0 Å². The maximum atomic E-state index is 12.5. The lowest BCUT2D eigenvalue weighted by molar-refractivity contribution is -0.267. The van der Waals surface area contributed by atoms with Crippen LogP contribution in [0, 0.1) is 5.82 Å². The molecule has 0 spiro atoms. The van der Waals surface area contributed by atoms with E-state index in [9.17, 15) is 31.1 Å². The lowest BCUT2D eigenvalue weighted by Gasteiger charge is -2.18. The molecule has 0 saturated heterocycles. The van der Waals surface area contributed by atoms with Gasteiger partial charge in [0.25, 0.3) is 0 Å². The van der Waals surface area contributed by atoms with Gasteiger partial charge >= 0.3 is 18.0 Å². The van der Waals surface area contributed by atoms with Crippen molar-refractivity contribution in [3.05, 3.63) is 30.1 Å². The highest BCUT2D eigenvalue weighted by Crippen LogP contribution is 2.36. The van der Waals surface area contributed by atoms with Crippen molar-refractivity contribution in [3.63, 3.8) is 0 Å². The van der Waals surface area contributed by atoms with Gasteiger partial charge in [-0.25, -0.2) is 4.39 Å². The second-order valence-electron chi connectivity index (χ2n) is 3.03. The summed E-state index contributed by atoms with van der Waals surface area (Å²) in [7, 11) is 0. The Kier molecular flexibility index (Phi) is 3.35. The van der Waals surface area contributed by atoms with Gasteiger partial charge in [-0.1, -0.05) is 0 Å². The largest absolute Gasteiger partial charge is 0.463 e. The van der Waals surface area contributed by atoms with Crippen LogP contribution < -0.4 is 5.32 Å². The van der Waals surface area contributed by atoms with Crippen LogP contribution in [0.3, 0.4) is 0 Å². The van der Waals surface area contributed by atoms with Crippen LogP contribution in [0.4, 0.5) is 32.0 Å². The molecule has 0 saturated carbocycles. The van der Waals surface area contributed by atoms with Gasteiger partial charge in [0.1, 0.15) is 5.82 Å². The maximum absolute atomic E-state index is 12.5. The zero-order chi connectivity index (χ0) is 13.3. The molecule has 0 bridgehead atoms. The van der Waals surface area contributed by atoms with Crippen LogP contribution in [0.5, 0.6) is 0 Å². The third-order valence-electron chi connectivity index (χ3n) is 1.74. The first kappa shape index (κ1) is 13.3. The molecule has 0 aliphatic rings. The standard InChI is InChI=1S/C9H5F6NO/c10-5-1-3-6(4-2-5)16-7(17)8(11,12)9(13,14)15/h1-4H,(H,16,17). The molecule has 0 fully saturated rings. The van der Waals surface area contributed by atoms with Crippen LogP contribution in [0.2, 0.25) is 0 Å². The van der Waals surface area contributed by atoms with E-state index in [0.717, 1.165) is 24.3 Å². The zero-order valence-corrected chi connectivity index (χ0v) is 7.99. The van der Waals surface area contributed by atoms with Crippen molar-refractivity contribution in [3.8, 4) is 0 Å². The van der Waals surface area contributed by atoms with Crippen molar-refractivity contribution < 1.29 is 31.1 Å². The molecule has 8 heteroatoms. The third kappa shape index (κ3) is 2.89. The van der Waals surface area contributed by atoms with Gasteiger partial charge in [0.15, 0.2) is 0 Å². The van der Waals surface area contributed by atoms with Crippen LogP contribution in [0.1, 0.15) is 0 Å². The summed E-state index contributed by atoms with van der Waals surface area (Å²) in [5.74, 6) is -8.73. The molecule has 0 heterocycles. The summed E-state index contributed by atoms with van der Waals surface area (Å²) in [6, 6.07) is 3.34. The van der Waals surface area contributed by atoms with Gasteiger partial charge in [0, 0.05) is 5.69 Å². The molecule has 1 aromatic rings. The first-order chi connectivity index (χ1) is 7.64. The number of anilines is 1. The Bertz CT molecular complexity index is 410. The fraction of sp³-hybridized carbons (Fsp3) is 0.222. The molecule has 2 nitrogen and oxygen atoms in total. The van der Waals surface area contributed by atoms with Crippen LogP contribution in [-0.2, 0) is 4.79 Å². The molecule has 0 aromatic heterocycles. The summed E-state index contributed by atoms with van der Waals surface area (Å²) in [6.07, 6.45) is -5.98. The first-order valence-corrected chi connectivity index (χ1v) is 4.16. The number of carbonyl (C=O) groups excluding carboxylic acids is 1. The Labute approximate surface area is 91.2 Å². The second-order valence-corrected chi connectivity index (χ2v) is 3.03. The summed E-state index contributed by atoms with van der Waals surface area (Å²) in [5, 5.41) is 1.34. The number of amides is 1. The molecule has 1 rings (SSSR count). The van der Waals surface area contributed by atoms with Crippen molar-refractivity contribution >= 4 is 11.6 Å². The average Bonchev–Trinajstić information content (AvgIpc) is 2.19. The molecule has 1 N–H and O–H groups in total. The number of carbonyl (C=O) groups is 1. The summed E-state index contributed by atoms with van der Waals surface area (Å²) in [6.45, 7) is 0. The predicted octanol–water partition coefficient (Wildman–Crippen LogP) is 2.96. The van der Waals surface area contributed by atoms with E-state index in [1.807, 2.05) is 0 Å². The monoisotopic (exact) mass is 257 g/mol. The normalized spacial score (nSPS) is 12.4. The minimum Gasteiger partial charge on any atom is -0.321 e. The highest BCUT2D eigenvalue weighted by molar-refractivity contribution is 5.96. The third-order valence-corrected chi connectivity index (χ3v) is 1.74. The Balaban J connectivity index is 2.83. The first-order valence-electron chi connectivity index (χ1n) is 4.16. The zero-order valence-electron chi connectivity index (χ0n) is 7.99. The van der Waals surface area contributed by atoms with Crippen molar-refractivity contribution in [2.45, 2.75) is 12.1 Å². The molecule has 0 atom stereocenters. The van der Waals surface area contributed by atoms with E-state index >= 15 is 0 Å². The number of hydrogen-bond donors (Lipinski definition) is 1. The summed E-state index contributed by atoms with van der Waals surface area (Å²) >= 11 is 0. The Morgan fingerprint density at radius 2 is 1.47 bits per heavy atom. The Hall–Kier alpha value is -1.73. The van der Waals surface area contributed by atoms with Crippen LogP contribution >= 0.6 is 0 Å². The molecule has 0 unspecified atom stereocenters. The Morgan fingerprint density at radius 3 is 1.88 bits per heavy atom. The van der Waals surface area contributed by atoms with E-state index in [4.69, 9.17) is 0 Å². The number of rotatable bonds is 2. The van der Waals surface area contributed by atoms with Gasteiger partial charge in [-0.05, 0) is 24.3 Å². The molecule has 1 aromatic carbocycles. The quantitative estimate of drug-likeness (QED) is 0.811. The Morgan fingerprint density at radius 1 is 1.00 bits per heavy atom. The van der Waals surface area contributed by atoms with Crippen molar-refractivity contribution in [2.24, 2.45) is 0 Å². The predicted molar refractivity (Wildman–Crippen MR) is 46.0 cm³/mol. The number of benzene rings is 1. The smallest absolute Gasteiger partial charge is 0.321 e. The lowest BCUT2D eigenvalue weighted by Crippen LogP contribution is -2.47. The number of halogens is 6. The van der Waals surface area contributed by atoms with E-state index in [1.165, 1.54) is 5.32 Å². The van der Waals surface area contributed by atoms with E-state index in [2.05, 4.69) is 0 Å². The molecule has 94 valence electrons. The van der Waals surface area contributed by atoms with Gasteiger partial charge in [-0.3, -0.25) is 4.79 Å². The van der Waals surface area contributed by atoms with E-state index in [-0.39, 0.29) is 5.69 Å². The van der Waals surface area contributed by atoms with Crippen molar-refractivity contribution in [2.75, 3.05) is 5.32 Å². The molecule has 17 heavy (non-hydrogen) atoms. The average molecular weight is 257 g/mol. The molecular formula is C9H5F6NO. The van der Waals surface area contributed by atoms with Gasteiger partial charge in [-0.2, -0.15) is 22.0 Å². The minimum atomic E-state index is -5.98. The second kappa shape index (κ2) is 4.27. The van der Waals surface area contributed by atoms with E-state index in [0.29, 0.717) is 0 Å². The van der Waals surface area contributed by atoms with Gasteiger partial charge in [0.2, 0.25) is 0 Å². The fourth-order valence-corrected chi connectivity index (χ4v) is 0.872. The van der Waals surface area contributed by atoms with E-state index in [1.54, 1.807) is 0 Å². The van der Waals surface area contributed by atoms with Crippen LogP contribution in [0.15, 0.2) is 24.3 Å². The summed E-state index contributed by atoms with van der Waals surface area (Å²) in [5.41, 5.74) is -0.361. The van der Waals surface area contributed by atoms with Crippen molar-refractivity contribution in [1.82, 2.24) is 0 Å². The number of alkyl halides is 5. The molecule has 0 radical (unpaired) electrons. The minimum absolute atomic E-state index is 0.361. The molecule has 0 aliphatic heterocycles. The topological polar surface area (TPSA) is 29.1 Å². The summed E-state index contributed by atoms with van der Waals surface area (Å²) < 4.78 is 72.7. The SMILES string of the molecule is O=C(Nc1ccc(F)cc1)C(F)(F)C(F)(F)F. The fourth-order valence-electron chi connectivity index (χ4n) is 0.872. The van der Waals surface area contributed by atoms with Crippen molar-refractivity contribution in [1.29, 1.82) is 0 Å². The number of hydrogen-bond acceptors (Lipinski definition) is 1. The summed E-state index contributed by atoms with van der Waals surface area (Å²) in [4.78, 5) is 10.7. The molecule has 0 aliphatic carbocycles. The molecule has 1 amide bonds. The van der Waals surface area contributed by atoms with Crippen LogP contribution in [0.25, 0.3) is 0 Å².